The lowest BCUT2D eigenvalue weighted by atomic mass is 9.97. The Hall–Kier alpha value is -1.43. The first-order chi connectivity index (χ1) is 8.52. The molecule has 1 aromatic rings. The third kappa shape index (κ3) is 2.69. The van der Waals surface area contributed by atoms with E-state index in [0.29, 0.717) is 18.5 Å². The number of aromatic nitrogens is 1. The molecular weight excluding hydrogens is 252 g/mol. The van der Waals surface area contributed by atoms with Crippen LogP contribution in [-0.4, -0.2) is 27.5 Å². The number of nitrogens with zero attached hydrogens (tertiary/aromatic N) is 1. The second-order valence-corrected chi connectivity index (χ2v) is 5.74. The number of thiazole rings is 1. The van der Waals surface area contributed by atoms with E-state index >= 15 is 0 Å². The topological polar surface area (TPSA) is 79.3 Å². The van der Waals surface area contributed by atoms with Gasteiger partial charge in [-0.25, -0.2) is 9.78 Å². The number of hydrogen-bond donors (Lipinski definition) is 2. The molecule has 0 radical (unpaired) electrons. The fraction of sp³-hybridized carbons (Fsp3) is 0.583. The first kappa shape index (κ1) is 13.0. The summed E-state index contributed by atoms with van der Waals surface area (Å²) in [6.45, 7) is 1.88. The van der Waals surface area contributed by atoms with E-state index in [2.05, 4.69) is 10.3 Å². The number of carbonyl (C=O) groups excluding carboxylic acids is 1. The predicted octanol–water partition coefficient (Wildman–Crippen LogP) is 1.51. The van der Waals surface area contributed by atoms with Gasteiger partial charge in [0, 0.05) is 5.38 Å². The van der Waals surface area contributed by atoms with Gasteiger partial charge in [0.05, 0.1) is 17.1 Å². The molecule has 6 heteroatoms. The van der Waals surface area contributed by atoms with Crippen molar-refractivity contribution in [2.75, 3.05) is 0 Å². The summed E-state index contributed by atoms with van der Waals surface area (Å²) in [6, 6.07) is 0. The summed E-state index contributed by atoms with van der Waals surface area (Å²) < 4.78 is 0. The van der Waals surface area contributed by atoms with E-state index in [4.69, 9.17) is 0 Å². The number of amides is 1. The molecule has 1 aliphatic carbocycles. The van der Waals surface area contributed by atoms with E-state index in [0.717, 1.165) is 17.8 Å². The van der Waals surface area contributed by atoms with Crippen LogP contribution in [0, 0.1) is 6.92 Å². The second-order valence-electron chi connectivity index (χ2n) is 4.68. The van der Waals surface area contributed by atoms with E-state index < -0.39 is 11.5 Å². The molecule has 0 bridgehead atoms. The zero-order valence-corrected chi connectivity index (χ0v) is 11.0. The van der Waals surface area contributed by atoms with Crippen molar-refractivity contribution in [2.24, 2.45) is 0 Å². The minimum Gasteiger partial charge on any atom is -0.480 e. The zero-order valence-electron chi connectivity index (χ0n) is 10.2. The molecule has 0 spiro atoms. The summed E-state index contributed by atoms with van der Waals surface area (Å²) in [6.07, 6.45) is 2.89. The molecule has 1 amide bonds. The van der Waals surface area contributed by atoms with Gasteiger partial charge < -0.3 is 10.4 Å². The van der Waals surface area contributed by atoms with Gasteiger partial charge in [0.1, 0.15) is 5.54 Å². The van der Waals surface area contributed by atoms with Crippen LogP contribution < -0.4 is 5.32 Å². The van der Waals surface area contributed by atoms with Crippen molar-refractivity contribution in [1.29, 1.82) is 0 Å². The molecular formula is C12H16N2O3S. The SMILES string of the molecule is Cc1nc(CC(=O)NC2(C(=O)O)CCCC2)cs1. The maximum Gasteiger partial charge on any atom is 0.329 e. The van der Waals surface area contributed by atoms with Gasteiger partial charge in [0.15, 0.2) is 0 Å². The minimum atomic E-state index is -1.05. The number of carboxylic acids is 1. The number of hydrogen-bond acceptors (Lipinski definition) is 4. The number of rotatable bonds is 4. The summed E-state index contributed by atoms with van der Waals surface area (Å²) >= 11 is 1.49. The molecule has 0 saturated heterocycles. The van der Waals surface area contributed by atoms with Crippen LogP contribution in [0.25, 0.3) is 0 Å². The quantitative estimate of drug-likeness (QED) is 0.867. The van der Waals surface area contributed by atoms with Gasteiger partial charge in [-0.05, 0) is 19.8 Å². The molecule has 0 atom stereocenters. The average molecular weight is 268 g/mol. The van der Waals surface area contributed by atoms with Gasteiger partial charge in [-0.15, -0.1) is 11.3 Å². The number of carbonyl (C=O) groups is 2. The van der Waals surface area contributed by atoms with E-state index in [1.807, 2.05) is 12.3 Å². The molecule has 0 aromatic carbocycles. The molecule has 1 saturated carbocycles. The molecule has 1 fully saturated rings. The van der Waals surface area contributed by atoms with Gasteiger partial charge in [0.2, 0.25) is 5.91 Å². The lowest BCUT2D eigenvalue weighted by Gasteiger charge is -2.25. The Labute approximate surface area is 109 Å². The fourth-order valence-electron chi connectivity index (χ4n) is 2.34. The van der Waals surface area contributed by atoms with E-state index in [-0.39, 0.29) is 12.3 Å². The Morgan fingerprint density at radius 2 is 2.17 bits per heavy atom. The van der Waals surface area contributed by atoms with E-state index in [1.54, 1.807) is 0 Å². The molecule has 18 heavy (non-hydrogen) atoms. The van der Waals surface area contributed by atoms with Crippen LogP contribution >= 0.6 is 11.3 Å². The number of aliphatic carboxylic acids is 1. The summed E-state index contributed by atoms with van der Waals surface area (Å²) in [5.41, 5.74) is -0.351. The average Bonchev–Trinajstić information content (AvgIpc) is 2.89. The van der Waals surface area contributed by atoms with Crippen molar-refractivity contribution < 1.29 is 14.7 Å². The van der Waals surface area contributed by atoms with Crippen LogP contribution in [0.5, 0.6) is 0 Å². The Morgan fingerprint density at radius 1 is 1.50 bits per heavy atom. The third-order valence-corrected chi connectivity index (χ3v) is 4.08. The lowest BCUT2D eigenvalue weighted by Crippen LogP contribution is -2.52. The Kier molecular flexibility index (Phi) is 3.65. The normalized spacial score (nSPS) is 17.6. The predicted molar refractivity (Wildman–Crippen MR) is 67.5 cm³/mol. The summed E-state index contributed by atoms with van der Waals surface area (Å²) in [7, 11) is 0. The van der Waals surface area contributed by atoms with Crippen molar-refractivity contribution in [3.05, 3.63) is 16.1 Å². The monoisotopic (exact) mass is 268 g/mol. The lowest BCUT2D eigenvalue weighted by molar-refractivity contribution is -0.147. The van der Waals surface area contributed by atoms with Gasteiger partial charge in [0.25, 0.3) is 0 Å². The largest absolute Gasteiger partial charge is 0.480 e. The molecule has 1 aliphatic rings. The van der Waals surface area contributed by atoms with Gasteiger partial charge in [-0.3, -0.25) is 4.79 Å². The highest BCUT2D eigenvalue weighted by atomic mass is 32.1. The van der Waals surface area contributed by atoms with Crippen molar-refractivity contribution in [1.82, 2.24) is 10.3 Å². The molecule has 98 valence electrons. The van der Waals surface area contributed by atoms with E-state index in [9.17, 15) is 14.7 Å². The Morgan fingerprint density at radius 3 is 2.67 bits per heavy atom. The molecule has 5 nitrogen and oxygen atoms in total. The Balaban J connectivity index is 1.99. The summed E-state index contributed by atoms with van der Waals surface area (Å²) in [4.78, 5) is 27.4. The fourth-order valence-corrected chi connectivity index (χ4v) is 2.95. The van der Waals surface area contributed by atoms with Crippen LogP contribution in [0.1, 0.15) is 36.4 Å². The van der Waals surface area contributed by atoms with Crippen molar-refractivity contribution in [3.8, 4) is 0 Å². The molecule has 1 heterocycles. The number of aryl methyl sites for hydroxylation is 1. The van der Waals surface area contributed by atoms with Crippen LogP contribution in [0.15, 0.2) is 5.38 Å². The maximum absolute atomic E-state index is 11.9. The van der Waals surface area contributed by atoms with Crippen LogP contribution in [0.3, 0.4) is 0 Å². The van der Waals surface area contributed by atoms with Crippen LogP contribution in [0.4, 0.5) is 0 Å². The highest BCUT2D eigenvalue weighted by Crippen LogP contribution is 2.30. The standard InChI is InChI=1S/C12H16N2O3S/c1-8-13-9(7-18-8)6-10(15)14-12(11(16)17)4-2-3-5-12/h7H,2-6H2,1H3,(H,14,15)(H,16,17). The first-order valence-electron chi connectivity index (χ1n) is 5.97. The number of nitrogens with one attached hydrogen (secondary N) is 1. The van der Waals surface area contributed by atoms with Crippen LogP contribution in [-0.2, 0) is 16.0 Å². The van der Waals surface area contributed by atoms with Crippen molar-refractivity contribution in [3.63, 3.8) is 0 Å². The molecule has 1 aromatic heterocycles. The van der Waals surface area contributed by atoms with Gasteiger partial charge >= 0.3 is 5.97 Å². The Bertz CT molecular complexity index is 464. The smallest absolute Gasteiger partial charge is 0.329 e. The van der Waals surface area contributed by atoms with E-state index in [1.165, 1.54) is 11.3 Å². The maximum atomic E-state index is 11.9. The first-order valence-corrected chi connectivity index (χ1v) is 6.85. The van der Waals surface area contributed by atoms with Crippen molar-refractivity contribution in [2.45, 2.75) is 44.6 Å². The third-order valence-electron chi connectivity index (χ3n) is 3.25. The summed E-state index contributed by atoms with van der Waals surface area (Å²) in [5, 5.41) is 14.7. The number of carboxylic acid groups (broad SMARTS) is 1. The zero-order chi connectivity index (χ0) is 13.2. The molecule has 2 N–H and O–H groups in total. The minimum absolute atomic E-state index is 0.152. The van der Waals surface area contributed by atoms with Gasteiger partial charge in [-0.2, -0.15) is 0 Å². The highest BCUT2D eigenvalue weighted by Gasteiger charge is 2.42. The summed E-state index contributed by atoms with van der Waals surface area (Å²) in [5.74, 6) is -1.19. The highest BCUT2D eigenvalue weighted by molar-refractivity contribution is 7.09. The molecule has 2 rings (SSSR count). The molecule has 0 aliphatic heterocycles. The van der Waals surface area contributed by atoms with Gasteiger partial charge in [-0.1, -0.05) is 12.8 Å². The molecule has 0 unspecified atom stereocenters. The van der Waals surface area contributed by atoms with Crippen LogP contribution in [0.2, 0.25) is 0 Å². The second kappa shape index (κ2) is 5.06. The van der Waals surface area contributed by atoms with Crippen molar-refractivity contribution >= 4 is 23.2 Å².